The van der Waals surface area contributed by atoms with Gasteiger partial charge in [0.2, 0.25) is 15.9 Å². The highest BCUT2D eigenvalue weighted by Crippen LogP contribution is 2.30. The molecule has 1 amide bonds. The van der Waals surface area contributed by atoms with Crippen molar-refractivity contribution in [2.24, 2.45) is 0 Å². The number of ether oxygens (including phenoxy) is 1. The van der Waals surface area contributed by atoms with Crippen LogP contribution in [-0.4, -0.2) is 69.4 Å². The second kappa shape index (κ2) is 8.75. The highest BCUT2D eigenvalue weighted by molar-refractivity contribution is 7.89. The first-order valence-electron chi connectivity index (χ1n) is 8.29. The van der Waals surface area contributed by atoms with Crippen LogP contribution in [0.15, 0.2) is 23.1 Å². The number of carbonyl (C=O) groups excluding carboxylic acids is 1. The molecule has 1 aromatic rings. The Kier molecular flexibility index (Phi) is 7.15. The summed E-state index contributed by atoms with van der Waals surface area (Å²) in [6, 6.07) is 4.40. The lowest BCUT2D eigenvalue weighted by molar-refractivity contribution is -0.134. The number of piperazine rings is 1. The normalized spacial score (nSPS) is 21.3. The van der Waals surface area contributed by atoms with E-state index in [0.29, 0.717) is 18.1 Å². The van der Waals surface area contributed by atoms with Crippen LogP contribution >= 0.6 is 24.0 Å². The quantitative estimate of drug-likeness (QED) is 0.790. The van der Waals surface area contributed by atoms with Crippen LogP contribution in [-0.2, 0) is 14.8 Å². The molecule has 2 heterocycles. The summed E-state index contributed by atoms with van der Waals surface area (Å²) < 4.78 is 32.4. The molecule has 10 heteroatoms. The number of benzene rings is 1. The fraction of sp³-hybridized carbons (Fsp3) is 0.562. The molecule has 146 valence electrons. The van der Waals surface area contributed by atoms with Gasteiger partial charge in [-0.2, -0.15) is 4.31 Å². The van der Waals surface area contributed by atoms with Gasteiger partial charge in [-0.3, -0.25) is 4.79 Å². The third-order valence-electron chi connectivity index (χ3n) is 4.65. The third kappa shape index (κ3) is 4.26. The highest BCUT2D eigenvalue weighted by Gasteiger charge is 2.34. The Labute approximate surface area is 165 Å². The first kappa shape index (κ1) is 21.2. The van der Waals surface area contributed by atoms with E-state index >= 15 is 0 Å². The van der Waals surface area contributed by atoms with Gasteiger partial charge in [-0.25, -0.2) is 8.42 Å². The van der Waals surface area contributed by atoms with E-state index in [2.05, 4.69) is 5.32 Å². The minimum atomic E-state index is -3.73. The molecule has 0 saturated carbocycles. The Morgan fingerprint density at radius 3 is 2.54 bits per heavy atom. The predicted octanol–water partition coefficient (Wildman–Crippen LogP) is 1.36. The fourth-order valence-electron chi connectivity index (χ4n) is 3.26. The number of nitrogens with zero attached hydrogens (tertiary/aromatic N) is 2. The number of nitrogens with one attached hydrogen (secondary N) is 1. The molecule has 1 N–H and O–H groups in total. The molecular weight excluding hydrogens is 401 g/mol. The SMILES string of the molecule is COc1ccc(Cl)cc1S(=O)(=O)N1CCN(C(=O)C2CCCN2)CC1.Cl. The van der Waals surface area contributed by atoms with E-state index in [9.17, 15) is 13.2 Å². The Balaban J connectivity index is 0.00000243. The average Bonchev–Trinajstić information content (AvgIpc) is 3.16. The lowest BCUT2D eigenvalue weighted by Crippen LogP contribution is -2.54. The van der Waals surface area contributed by atoms with Crippen molar-refractivity contribution < 1.29 is 17.9 Å². The molecular formula is C16H23Cl2N3O4S. The van der Waals surface area contributed by atoms with Crippen molar-refractivity contribution >= 4 is 39.9 Å². The van der Waals surface area contributed by atoms with Crippen LogP contribution in [0.2, 0.25) is 5.02 Å². The van der Waals surface area contributed by atoms with E-state index in [0.717, 1.165) is 19.4 Å². The van der Waals surface area contributed by atoms with Crippen LogP contribution in [0.5, 0.6) is 5.75 Å². The lowest BCUT2D eigenvalue weighted by atomic mass is 10.2. The topological polar surface area (TPSA) is 79.0 Å². The zero-order valence-corrected chi connectivity index (χ0v) is 16.9. The van der Waals surface area contributed by atoms with Crippen molar-refractivity contribution in [3.05, 3.63) is 23.2 Å². The summed E-state index contributed by atoms with van der Waals surface area (Å²) in [7, 11) is -2.30. The second-order valence-corrected chi connectivity index (χ2v) is 8.52. The number of sulfonamides is 1. The van der Waals surface area contributed by atoms with Gasteiger partial charge in [-0.05, 0) is 37.6 Å². The predicted molar refractivity (Wildman–Crippen MR) is 102 cm³/mol. The van der Waals surface area contributed by atoms with Crippen molar-refractivity contribution in [1.82, 2.24) is 14.5 Å². The number of methoxy groups -OCH3 is 1. The van der Waals surface area contributed by atoms with Gasteiger partial charge in [0.25, 0.3) is 0 Å². The molecule has 2 aliphatic rings. The Morgan fingerprint density at radius 1 is 1.27 bits per heavy atom. The minimum absolute atomic E-state index is 0. The van der Waals surface area contributed by atoms with Crippen LogP contribution in [0.3, 0.4) is 0 Å². The standard InChI is InChI=1S/C16H22ClN3O4S.ClH/c1-24-14-5-4-12(17)11-15(14)25(22,23)20-9-7-19(8-10-20)16(21)13-3-2-6-18-13;/h4-5,11,13,18H,2-3,6-10H2,1H3;1H. The molecule has 2 aliphatic heterocycles. The maximum absolute atomic E-state index is 12.9. The molecule has 3 rings (SSSR count). The summed E-state index contributed by atoms with van der Waals surface area (Å²) in [5.41, 5.74) is 0. The van der Waals surface area contributed by atoms with Gasteiger partial charge >= 0.3 is 0 Å². The molecule has 0 aliphatic carbocycles. The summed E-state index contributed by atoms with van der Waals surface area (Å²) in [6.07, 6.45) is 1.84. The lowest BCUT2D eigenvalue weighted by Gasteiger charge is -2.35. The molecule has 2 saturated heterocycles. The van der Waals surface area contributed by atoms with Crippen LogP contribution in [0.1, 0.15) is 12.8 Å². The van der Waals surface area contributed by atoms with Crippen molar-refractivity contribution in [3.63, 3.8) is 0 Å². The summed E-state index contributed by atoms with van der Waals surface area (Å²) in [5, 5.41) is 3.52. The first-order chi connectivity index (χ1) is 11.9. The third-order valence-corrected chi connectivity index (χ3v) is 6.81. The fourth-order valence-corrected chi connectivity index (χ4v) is 5.10. The average molecular weight is 424 g/mol. The molecule has 0 spiro atoms. The Bertz CT molecular complexity index is 746. The zero-order valence-electron chi connectivity index (χ0n) is 14.5. The molecule has 0 bridgehead atoms. The van der Waals surface area contributed by atoms with Crippen LogP contribution in [0, 0.1) is 0 Å². The monoisotopic (exact) mass is 423 g/mol. The van der Waals surface area contributed by atoms with E-state index in [-0.39, 0.29) is 48.1 Å². The summed E-state index contributed by atoms with van der Waals surface area (Å²) in [6.45, 7) is 2.16. The molecule has 7 nitrogen and oxygen atoms in total. The summed E-state index contributed by atoms with van der Waals surface area (Å²) in [5.74, 6) is 0.327. The van der Waals surface area contributed by atoms with Gasteiger partial charge in [-0.15, -0.1) is 12.4 Å². The minimum Gasteiger partial charge on any atom is -0.495 e. The van der Waals surface area contributed by atoms with Crippen molar-refractivity contribution in [2.75, 3.05) is 39.8 Å². The van der Waals surface area contributed by atoms with Gasteiger partial charge in [0.1, 0.15) is 10.6 Å². The summed E-state index contributed by atoms with van der Waals surface area (Å²) >= 11 is 5.96. The number of carbonyl (C=O) groups is 1. The van der Waals surface area contributed by atoms with E-state index in [4.69, 9.17) is 16.3 Å². The highest BCUT2D eigenvalue weighted by atomic mass is 35.5. The van der Waals surface area contributed by atoms with Gasteiger partial charge in [-0.1, -0.05) is 11.6 Å². The Hall–Kier alpha value is -1.06. The van der Waals surface area contributed by atoms with Crippen molar-refractivity contribution in [3.8, 4) is 5.75 Å². The molecule has 26 heavy (non-hydrogen) atoms. The summed E-state index contributed by atoms with van der Waals surface area (Å²) in [4.78, 5) is 14.2. The Morgan fingerprint density at radius 2 is 1.96 bits per heavy atom. The van der Waals surface area contributed by atoms with Gasteiger partial charge in [0, 0.05) is 31.2 Å². The first-order valence-corrected chi connectivity index (χ1v) is 10.1. The van der Waals surface area contributed by atoms with Crippen LogP contribution in [0.25, 0.3) is 0 Å². The van der Waals surface area contributed by atoms with Gasteiger partial charge < -0.3 is 15.0 Å². The largest absolute Gasteiger partial charge is 0.495 e. The van der Waals surface area contributed by atoms with Gasteiger partial charge in [0.05, 0.1) is 13.2 Å². The number of amides is 1. The van der Waals surface area contributed by atoms with E-state index in [1.165, 1.54) is 17.5 Å². The van der Waals surface area contributed by atoms with Gasteiger partial charge in [0.15, 0.2) is 0 Å². The van der Waals surface area contributed by atoms with E-state index in [1.807, 2.05) is 0 Å². The number of hydrogen-bond acceptors (Lipinski definition) is 5. The number of hydrogen-bond donors (Lipinski definition) is 1. The second-order valence-electron chi connectivity index (χ2n) is 6.17. The van der Waals surface area contributed by atoms with Crippen molar-refractivity contribution in [2.45, 2.75) is 23.8 Å². The van der Waals surface area contributed by atoms with Crippen LogP contribution in [0.4, 0.5) is 0 Å². The molecule has 0 radical (unpaired) electrons. The number of halogens is 2. The van der Waals surface area contributed by atoms with E-state index in [1.54, 1.807) is 17.0 Å². The smallest absolute Gasteiger partial charge is 0.246 e. The maximum Gasteiger partial charge on any atom is 0.246 e. The van der Waals surface area contributed by atoms with Crippen molar-refractivity contribution in [1.29, 1.82) is 0 Å². The van der Waals surface area contributed by atoms with E-state index < -0.39 is 10.0 Å². The number of rotatable bonds is 4. The zero-order chi connectivity index (χ0) is 18.0. The molecule has 2 fully saturated rings. The molecule has 1 unspecified atom stereocenters. The maximum atomic E-state index is 12.9. The molecule has 1 aromatic carbocycles. The molecule has 0 aromatic heterocycles. The van der Waals surface area contributed by atoms with Crippen LogP contribution < -0.4 is 10.1 Å². The molecule has 1 atom stereocenters.